The van der Waals surface area contributed by atoms with Gasteiger partial charge in [-0.3, -0.25) is 9.10 Å². The van der Waals surface area contributed by atoms with Gasteiger partial charge in [-0.2, -0.15) is 0 Å². The summed E-state index contributed by atoms with van der Waals surface area (Å²) in [5.41, 5.74) is 6.41. The lowest BCUT2D eigenvalue weighted by Crippen LogP contribution is -2.49. The van der Waals surface area contributed by atoms with Gasteiger partial charge in [0.25, 0.3) is 0 Å². The van der Waals surface area contributed by atoms with Gasteiger partial charge in [-0.25, -0.2) is 8.42 Å². The summed E-state index contributed by atoms with van der Waals surface area (Å²) in [6.45, 7) is 1.43. The van der Waals surface area contributed by atoms with Crippen molar-refractivity contribution in [3.63, 3.8) is 0 Å². The molecule has 20 heavy (non-hydrogen) atoms. The van der Waals surface area contributed by atoms with E-state index in [2.05, 4.69) is 5.32 Å². The highest BCUT2D eigenvalue weighted by molar-refractivity contribution is 7.95. The number of fused-ring (bicyclic) bond motifs is 1. The predicted octanol–water partition coefficient (Wildman–Crippen LogP) is 0.840. The molecule has 1 aliphatic heterocycles. The van der Waals surface area contributed by atoms with Crippen LogP contribution >= 0.6 is 12.2 Å². The molecule has 2 rings (SSSR count). The van der Waals surface area contributed by atoms with E-state index in [-0.39, 0.29) is 23.9 Å². The van der Waals surface area contributed by atoms with E-state index in [1.54, 1.807) is 31.2 Å². The lowest BCUT2D eigenvalue weighted by atomic mass is 10.2. The second kappa shape index (κ2) is 5.37. The average molecular weight is 313 g/mol. The van der Waals surface area contributed by atoms with Crippen molar-refractivity contribution in [3.05, 3.63) is 24.3 Å². The summed E-state index contributed by atoms with van der Waals surface area (Å²) in [7, 11) is -3.81. The first-order chi connectivity index (χ1) is 9.37. The van der Waals surface area contributed by atoms with E-state index in [0.29, 0.717) is 11.4 Å². The van der Waals surface area contributed by atoms with Gasteiger partial charge in [-0.15, -0.1) is 0 Å². The van der Waals surface area contributed by atoms with Crippen molar-refractivity contribution in [3.8, 4) is 0 Å². The second-order valence-corrected chi connectivity index (χ2v) is 6.93. The molecule has 1 heterocycles. The number of hydrogen-bond acceptors (Lipinski definition) is 4. The zero-order valence-electron chi connectivity index (χ0n) is 10.9. The van der Waals surface area contributed by atoms with Crippen molar-refractivity contribution >= 4 is 44.5 Å². The molecule has 108 valence electrons. The predicted molar refractivity (Wildman–Crippen MR) is 82.2 cm³/mol. The third-order valence-corrected chi connectivity index (χ3v) is 5.77. The van der Waals surface area contributed by atoms with Crippen LogP contribution in [0.25, 0.3) is 0 Å². The fourth-order valence-corrected chi connectivity index (χ4v) is 4.43. The Balaban J connectivity index is 2.52. The minimum Gasteiger partial charge on any atom is -0.392 e. The SMILES string of the molecule is CCC(C(N)=S)S(=O)(=O)N1CC(=O)Nc2ccccc21. The first-order valence-electron chi connectivity index (χ1n) is 6.07. The van der Waals surface area contributed by atoms with Crippen molar-refractivity contribution in [1.29, 1.82) is 0 Å². The minimum absolute atomic E-state index is 0.0871. The number of nitrogens with one attached hydrogen (secondary N) is 1. The van der Waals surface area contributed by atoms with Crippen LogP contribution in [0, 0.1) is 0 Å². The highest BCUT2D eigenvalue weighted by atomic mass is 32.2. The number of amides is 1. The number of para-hydroxylation sites is 2. The number of anilines is 2. The van der Waals surface area contributed by atoms with Gasteiger partial charge in [0, 0.05) is 0 Å². The summed E-state index contributed by atoms with van der Waals surface area (Å²) >= 11 is 4.83. The molecule has 6 nitrogen and oxygen atoms in total. The molecule has 0 radical (unpaired) electrons. The van der Waals surface area contributed by atoms with Crippen molar-refractivity contribution in [2.24, 2.45) is 5.73 Å². The van der Waals surface area contributed by atoms with E-state index in [0.717, 1.165) is 4.31 Å². The van der Waals surface area contributed by atoms with E-state index in [9.17, 15) is 13.2 Å². The fourth-order valence-electron chi connectivity index (χ4n) is 2.14. The Kier molecular flexibility index (Phi) is 3.96. The van der Waals surface area contributed by atoms with E-state index >= 15 is 0 Å². The summed E-state index contributed by atoms with van der Waals surface area (Å²) in [4.78, 5) is 11.6. The molecule has 0 bridgehead atoms. The lowest BCUT2D eigenvalue weighted by Gasteiger charge is -2.32. The molecule has 0 saturated heterocycles. The van der Waals surface area contributed by atoms with E-state index in [1.807, 2.05) is 0 Å². The molecular weight excluding hydrogens is 298 g/mol. The molecule has 1 aromatic carbocycles. The Hall–Kier alpha value is -1.67. The average Bonchev–Trinajstić information content (AvgIpc) is 2.37. The quantitative estimate of drug-likeness (QED) is 0.804. The van der Waals surface area contributed by atoms with Gasteiger partial charge in [0.15, 0.2) is 0 Å². The second-order valence-electron chi connectivity index (χ2n) is 4.42. The number of carbonyl (C=O) groups excluding carboxylic acids is 1. The van der Waals surface area contributed by atoms with Crippen LogP contribution in [0.2, 0.25) is 0 Å². The Bertz CT molecular complexity index is 658. The molecule has 1 atom stereocenters. The van der Waals surface area contributed by atoms with Gasteiger partial charge >= 0.3 is 0 Å². The molecule has 1 aliphatic rings. The van der Waals surface area contributed by atoms with Crippen molar-refractivity contribution in [2.75, 3.05) is 16.2 Å². The van der Waals surface area contributed by atoms with Crippen molar-refractivity contribution < 1.29 is 13.2 Å². The Morgan fingerprint density at radius 1 is 1.50 bits per heavy atom. The molecule has 1 amide bonds. The monoisotopic (exact) mass is 313 g/mol. The zero-order chi connectivity index (χ0) is 14.9. The van der Waals surface area contributed by atoms with Gasteiger partial charge < -0.3 is 11.1 Å². The third-order valence-electron chi connectivity index (χ3n) is 3.09. The Labute approximate surface area is 123 Å². The standard InChI is InChI=1S/C12H15N3O3S2/c1-2-10(12(13)19)20(17,18)15-7-11(16)14-8-5-3-4-6-9(8)15/h3-6,10H,2,7H2,1H3,(H2,13,19)(H,14,16). The first-order valence-corrected chi connectivity index (χ1v) is 7.98. The van der Waals surface area contributed by atoms with Crippen LogP contribution in [0.5, 0.6) is 0 Å². The molecule has 1 unspecified atom stereocenters. The zero-order valence-corrected chi connectivity index (χ0v) is 12.5. The van der Waals surface area contributed by atoms with Crippen molar-refractivity contribution in [1.82, 2.24) is 0 Å². The van der Waals surface area contributed by atoms with Crippen LogP contribution in [0.3, 0.4) is 0 Å². The molecular formula is C12H15N3O3S2. The maximum atomic E-state index is 12.6. The summed E-state index contributed by atoms with van der Waals surface area (Å²) in [6.07, 6.45) is 0.262. The van der Waals surface area contributed by atoms with Gasteiger partial charge in [-0.05, 0) is 18.6 Å². The van der Waals surface area contributed by atoms with E-state index < -0.39 is 15.3 Å². The van der Waals surface area contributed by atoms with E-state index in [4.69, 9.17) is 18.0 Å². The Morgan fingerprint density at radius 3 is 2.75 bits per heavy atom. The van der Waals surface area contributed by atoms with Gasteiger partial charge in [0.1, 0.15) is 11.8 Å². The lowest BCUT2D eigenvalue weighted by molar-refractivity contribution is -0.115. The van der Waals surface area contributed by atoms with Crippen LogP contribution in [-0.2, 0) is 14.8 Å². The highest BCUT2D eigenvalue weighted by Gasteiger charge is 2.37. The molecule has 0 saturated carbocycles. The van der Waals surface area contributed by atoms with E-state index in [1.165, 1.54) is 0 Å². The maximum absolute atomic E-state index is 12.6. The Morgan fingerprint density at radius 2 is 2.15 bits per heavy atom. The summed E-state index contributed by atoms with van der Waals surface area (Å²) < 4.78 is 26.4. The molecule has 0 aliphatic carbocycles. The number of hydrogen-bond donors (Lipinski definition) is 2. The number of sulfonamides is 1. The topological polar surface area (TPSA) is 92.5 Å². The number of thiocarbonyl (C=S) groups is 1. The highest BCUT2D eigenvalue weighted by Crippen LogP contribution is 2.32. The van der Waals surface area contributed by atoms with Gasteiger partial charge in [0.05, 0.1) is 16.4 Å². The summed E-state index contributed by atoms with van der Waals surface area (Å²) in [5.74, 6) is -0.384. The summed E-state index contributed by atoms with van der Waals surface area (Å²) in [5, 5.41) is 1.66. The molecule has 1 aromatic rings. The van der Waals surface area contributed by atoms with Crippen LogP contribution < -0.4 is 15.4 Å². The molecule has 8 heteroatoms. The minimum atomic E-state index is -3.81. The van der Waals surface area contributed by atoms with Crippen LogP contribution in [0.1, 0.15) is 13.3 Å². The van der Waals surface area contributed by atoms with Crippen LogP contribution in [0.15, 0.2) is 24.3 Å². The number of rotatable bonds is 4. The van der Waals surface area contributed by atoms with Crippen LogP contribution in [0.4, 0.5) is 11.4 Å². The molecule has 0 spiro atoms. The third kappa shape index (κ3) is 2.48. The molecule has 3 N–H and O–H groups in total. The van der Waals surface area contributed by atoms with Crippen molar-refractivity contribution in [2.45, 2.75) is 18.6 Å². The van der Waals surface area contributed by atoms with Crippen LogP contribution in [-0.4, -0.2) is 31.1 Å². The fraction of sp³-hybridized carbons (Fsp3) is 0.333. The number of nitrogens with zero attached hydrogens (tertiary/aromatic N) is 1. The number of carbonyl (C=O) groups is 1. The molecule has 0 aromatic heterocycles. The molecule has 0 fully saturated rings. The number of benzene rings is 1. The maximum Gasteiger partial charge on any atom is 0.245 e. The van der Waals surface area contributed by atoms with Gasteiger partial charge in [0.2, 0.25) is 15.9 Å². The largest absolute Gasteiger partial charge is 0.392 e. The number of nitrogens with two attached hydrogens (primary N) is 1. The normalized spacial score (nSPS) is 16.2. The first kappa shape index (κ1) is 14.7. The smallest absolute Gasteiger partial charge is 0.245 e. The summed E-state index contributed by atoms with van der Waals surface area (Å²) in [6, 6.07) is 6.72. The van der Waals surface area contributed by atoms with Gasteiger partial charge in [-0.1, -0.05) is 31.3 Å².